The lowest BCUT2D eigenvalue weighted by molar-refractivity contribution is 0.591. The van der Waals surface area contributed by atoms with Crippen LogP contribution in [0.3, 0.4) is 0 Å². The number of nitrogens with one attached hydrogen (secondary N) is 1. The summed E-state index contributed by atoms with van der Waals surface area (Å²) in [6.07, 6.45) is 1.02. The highest BCUT2D eigenvalue weighted by Gasteiger charge is 2.15. The average Bonchev–Trinajstić information content (AvgIpc) is 2.35. The number of fused-ring (bicyclic) bond motifs is 1. The van der Waals surface area contributed by atoms with Crippen LogP contribution in [0.15, 0.2) is 24.3 Å². The van der Waals surface area contributed by atoms with Crippen LogP contribution in [0.1, 0.15) is 45.9 Å². The van der Waals surface area contributed by atoms with Gasteiger partial charge in [0.2, 0.25) is 0 Å². The van der Waals surface area contributed by atoms with Crippen molar-refractivity contribution in [3.8, 4) is 0 Å². The van der Waals surface area contributed by atoms with Gasteiger partial charge in [0.15, 0.2) is 0 Å². The summed E-state index contributed by atoms with van der Waals surface area (Å²) in [5.74, 6) is 0.624. The molecule has 1 heterocycles. The van der Waals surface area contributed by atoms with Crippen LogP contribution in [0.4, 0.5) is 5.69 Å². The first kappa shape index (κ1) is 14.8. The molecular weight excluding hydrogens is 244 g/mol. The lowest BCUT2D eigenvalue weighted by Crippen LogP contribution is -2.11. The van der Waals surface area contributed by atoms with E-state index < -0.39 is 0 Å². The summed E-state index contributed by atoms with van der Waals surface area (Å²) in [7, 11) is 1.98. The molecule has 1 aromatic carbocycles. The van der Waals surface area contributed by atoms with Gasteiger partial charge in [0.25, 0.3) is 0 Å². The zero-order chi connectivity index (χ0) is 14.9. The topological polar surface area (TPSA) is 24.9 Å². The Morgan fingerprint density at radius 3 is 2.40 bits per heavy atom. The summed E-state index contributed by atoms with van der Waals surface area (Å²) >= 11 is 0. The van der Waals surface area contributed by atoms with Gasteiger partial charge in [-0.05, 0) is 41.5 Å². The lowest BCUT2D eigenvalue weighted by Gasteiger charge is -2.20. The Balaban J connectivity index is 2.59. The quantitative estimate of drug-likeness (QED) is 0.868. The van der Waals surface area contributed by atoms with Gasteiger partial charge < -0.3 is 5.32 Å². The number of anilines is 1. The lowest BCUT2D eigenvalue weighted by atomic mass is 9.86. The number of aromatic nitrogens is 1. The summed E-state index contributed by atoms with van der Waals surface area (Å²) in [6, 6.07) is 8.82. The van der Waals surface area contributed by atoms with E-state index in [-0.39, 0.29) is 5.41 Å². The monoisotopic (exact) mass is 270 g/mol. The Morgan fingerprint density at radius 2 is 1.85 bits per heavy atom. The van der Waals surface area contributed by atoms with E-state index in [1.54, 1.807) is 0 Å². The fourth-order valence-corrected chi connectivity index (χ4v) is 2.48. The smallest absolute Gasteiger partial charge is 0.0726 e. The first-order valence-corrected chi connectivity index (χ1v) is 7.43. The average molecular weight is 270 g/mol. The van der Waals surface area contributed by atoms with Gasteiger partial charge in [-0.1, -0.05) is 40.7 Å². The molecule has 2 aromatic rings. The Morgan fingerprint density at radius 1 is 1.15 bits per heavy atom. The molecule has 2 heteroatoms. The van der Waals surface area contributed by atoms with Crippen LogP contribution in [0.5, 0.6) is 0 Å². The van der Waals surface area contributed by atoms with Crippen molar-refractivity contribution in [2.45, 2.75) is 46.5 Å². The van der Waals surface area contributed by atoms with Gasteiger partial charge >= 0.3 is 0 Å². The molecule has 20 heavy (non-hydrogen) atoms. The van der Waals surface area contributed by atoms with Crippen molar-refractivity contribution in [2.24, 2.45) is 5.92 Å². The van der Waals surface area contributed by atoms with Crippen molar-refractivity contribution in [2.75, 3.05) is 12.4 Å². The fourth-order valence-electron chi connectivity index (χ4n) is 2.48. The molecule has 0 radical (unpaired) electrons. The van der Waals surface area contributed by atoms with E-state index in [2.05, 4.69) is 64.2 Å². The van der Waals surface area contributed by atoms with Crippen LogP contribution in [0.2, 0.25) is 0 Å². The number of hydrogen-bond acceptors (Lipinski definition) is 2. The Hall–Kier alpha value is -1.57. The fraction of sp³-hybridized carbons (Fsp3) is 0.500. The molecule has 0 unspecified atom stereocenters. The molecule has 1 aromatic heterocycles. The van der Waals surface area contributed by atoms with Crippen molar-refractivity contribution in [3.63, 3.8) is 0 Å². The second kappa shape index (κ2) is 5.43. The predicted molar refractivity (Wildman–Crippen MR) is 88.5 cm³/mol. The van der Waals surface area contributed by atoms with Gasteiger partial charge in [0, 0.05) is 23.8 Å². The second-order valence-corrected chi connectivity index (χ2v) is 6.99. The number of benzene rings is 1. The minimum Gasteiger partial charge on any atom is -0.388 e. The Labute approximate surface area is 122 Å². The summed E-state index contributed by atoms with van der Waals surface area (Å²) in [6.45, 7) is 11.2. The van der Waals surface area contributed by atoms with Crippen molar-refractivity contribution >= 4 is 16.6 Å². The Kier molecular flexibility index (Phi) is 4.03. The third kappa shape index (κ3) is 3.12. The standard InChI is InChI=1S/C18H26N2/c1-12(2)9-14-11-17(19-6)15-10-13(18(3,4)5)7-8-16(15)20-14/h7-8,10-12H,9H2,1-6H3,(H,19,20). The molecule has 0 aliphatic heterocycles. The third-order valence-corrected chi connectivity index (χ3v) is 3.61. The van der Waals surface area contributed by atoms with Crippen LogP contribution in [0, 0.1) is 5.92 Å². The van der Waals surface area contributed by atoms with E-state index in [0.717, 1.165) is 11.9 Å². The SMILES string of the molecule is CNc1cc(CC(C)C)nc2ccc(C(C)(C)C)cc12. The molecule has 0 atom stereocenters. The van der Waals surface area contributed by atoms with Crippen LogP contribution in [0.25, 0.3) is 10.9 Å². The van der Waals surface area contributed by atoms with Gasteiger partial charge in [-0.3, -0.25) is 4.98 Å². The van der Waals surface area contributed by atoms with Crippen LogP contribution in [-0.2, 0) is 11.8 Å². The van der Waals surface area contributed by atoms with Crippen molar-refractivity contribution in [3.05, 3.63) is 35.5 Å². The molecule has 108 valence electrons. The van der Waals surface area contributed by atoms with Crippen molar-refractivity contribution in [1.29, 1.82) is 0 Å². The van der Waals surface area contributed by atoms with E-state index in [4.69, 9.17) is 4.98 Å². The summed E-state index contributed by atoms with van der Waals surface area (Å²) in [4.78, 5) is 4.81. The first-order valence-electron chi connectivity index (χ1n) is 7.43. The largest absolute Gasteiger partial charge is 0.388 e. The minimum atomic E-state index is 0.163. The second-order valence-electron chi connectivity index (χ2n) is 6.99. The van der Waals surface area contributed by atoms with E-state index in [1.165, 1.54) is 22.3 Å². The highest BCUT2D eigenvalue weighted by Crippen LogP contribution is 2.30. The van der Waals surface area contributed by atoms with Gasteiger partial charge in [0.05, 0.1) is 5.52 Å². The molecule has 0 saturated heterocycles. The molecule has 0 aliphatic carbocycles. The van der Waals surface area contributed by atoms with Gasteiger partial charge in [-0.15, -0.1) is 0 Å². The highest BCUT2D eigenvalue weighted by molar-refractivity contribution is 5.92. The number of pyridine rings is 1. The van der Waals surface area contributed by atoms with Crippen molar-refractivity contribution < 1.29 is 0 Å². The van der Waals surface area contributed by atoms with E-state index >= 15 is 0 Å². The normalized spacial score (nSPS) is 12.2. The third-order valence-electron chi connectivity index (χ3n) is 3.61. The maximum Gasteiger partial charge on any atom is 0.0726 e. The zero-order valence-electron chi connectivity index (χ0n) is 13.5. The molecule has 0 aliphatic rings. The van der Waals surface area contributed by atoms with Crippen molar-refractivity contribution in [1.82, 2.24) is 4.98 Å². The first-order chi connectivity index (χ1) is 9.31. The van der Waals surface area contributed by atoms with E-state index in [9.17, 15) is 0 Å². The van der Waals surface area contributed by atoms with Crippen LogP contribution >= 0.6 is 0 Å². The maximum absolute atomic E-state index is 4.81. The predicted octanol–water partition coefficient (Wildman–Crippen LogP) is 4.77. The molecule has 0 amide bonds. The minimum absolute atomic E-state index is 0.163. The molecule has 2 rings (SSSR count). The molecule has 0 bridgehead atoms. The molecular formula is C18H26N2. The molecule has 0 spiro atoms. The molecule has 2 nitrogen and oxygen atoms in total. The molecule has 1 N–H and O–H groups in total. The maximum atomic E-state index is 4.81. The summed E-state index contributed by atoms with van der Waals surface area (Å²) in [5.41, 5.74) is 4.94. The van der Waals surface area contributed by atoms with Crippen LogP contribution < -0.4 is 5.32 Å². The van der Waals surface area contributed by atoms with Gasteiger partial charge in [-0.25, -0.2) is 0 Å². The van der Waals surface area contributed by atoms with E-state index in [0.29, 0.717) is 5.92 Å². The van der Waals surface area contributed by atoms with Gasteiger partial charge in [-0.2, -0.15) is 0 Å². The van der Waals surface area contributed by atoms with Gasteiger partial charge in [0.1, 0.15) is 0 Å². The van der Waals surface area contributed by atoms with E-state index in [1.807, 2.05) is 7.05 Å². The number of nitrogens with zero attached hydrogens (tertiary/aromatic N) is 1. The van der Waals surface area contributed by atoms with Crippen LogP contribution in [-0.4, -0.2) is 12.0 Å². The number of hydrogen-bond donors (Lipinski definition) is 1. The Bertz CT molecular complexity index is 607. The summed E-state index contributed by atoms with van der Waals surface area (Å²) < 4.78 is 0. The molecule has 0 saturated carbocycles. The number of rotatable bonds is 3. The highest BCUT2D eigenvalue weighted by atomic mass is 14.8. The molecule has 0 fully saturated rings. The summed E-state index contributed by atoms with van der Waals surface area (Å²) in [5, 5.41) is 4.54. The zero-order valence-corrected chi connectivity index (χ0v) is 13.5.